The van der Waals surface area contributed by atoms with Crippen LogP contribution in [-0.2, 0) is 10.8 Å². The molecular weight excluding hydrogens is 406 g/mol. The molecule has 7 heteroatoms. The van der Waals surface area contributed by atoms with Gasteiger partial charge in [0.05, 0.1) is 0 Å². The second-order valence-electron chi connectivity index (χ2n) is 6.99. The van der Waals surface area contributed by atoms with Crippen LogP contribution >= 0.6 is 0 Å². The van der Waals surface area contributed by atoms with E-state index >= 15 is 0 Å². The Kier molecular flexibility index (Phi) is 5.01. The van der Waals surface area contributed by atoms with Gasteiger partial charge in [-0.1, -0.05) is 54.6 Å². The van der Waals surface area contributed by atoms with Crippen molar-refractivity contribution < 1.29 is 4.21 Å². The molecule has 1 atom stereocenters. The van der Waals surface area contributed by atoms with Crippen LogP contribution in [0.15, 0.2) is 96.2 Å². The molecule has 0 saturated carbocycles. The van der Waals surface area contributed by atoms with Gasteiger partial charge in [-0.2, -0.15) is 4.98 Å². The number of hydrogen-bond donors (Lipinski definition) is 1. The smallest absolute Gasteiger partial charge is 0.247 e. The number of hydrogen-bond acceptors (Lipinski definition) is 5. The Morgan fingerprint density at radius 3 is 2.32 bits per heavy atom. The highest BCUT2D eigenvalue weighted by Crippen LogP contribution is 2.32. The summed E-state index contributed by atoms with van der Waals surface area (Å²) in [5.41, 5.74) is 5.45. The molecule has 0 bridgehead atoms. The summed E-state index contributed by atoms with van der Waals surface area (Å²) in [4.78, 5) is 10.1. The number of nitrogens with one attached hydrogen (secondary N) is 1. The van der Waals surface area contributed by atoms with Gasteiger partial charge in [0.25, 0.3) is 0 Å². The first-order chi connectivity index (χ1) is 15.2. The lowest BCUT2D eigenvalue weighted by atomic mass is 9.98. The zero-order valence-corrected chi connectivity index (χ0v) is 17.6. The molecule has 3 aromatic carbocycles. The molecule has 5 aromatic rings. The van der Waals surface area contributed by atoms with Crippen molar-refractivity contribution in [2.75, 3.05) is 11.6 Å². The number of nitrogens with zero attached hydrogens (tertiary/aromatic N) is 4. The molecular formula is C24H19N5OS. The highest BCUT2D eigenvalue weighted by molar-refractivity contribution is 7.84. The average Bonchev–Trinajstić information content (AvgIpc) is 3.22. The molecule has 0 aliphatic rings. The Bertz CT molecular complexity index is 1380. The maximum Gasteiger partial charge on any atom is 0.247 e. The molecule has 0 fully saturated rings. The van der Waals surface area contributed by atoms with Gasteiger partial charge in [0, 0.05) is 45.6 Å². The number of anilines is 2. The molecule has 0 aliphatic carbocycles. The van der Waals surface area contributed by atoms with Crippen LogP contribution in [0.3, 0.4) is 0 Å². The number of fused-ring (bicyclic) bond motifs is 1. The molecule has 152 valence electrons. The highest BCUT2D eigenvalue weighted by Gasteiger charge is 2.15. The van der Waals surface area contributed by atoms with Crippen molar-refractivity contribution in [3.05, 3.63) is 91.3 Å². The fourth-order valence-corrected chi connectivity index (χ4v) is 4.00. The van der Waals surface area contributed by atoms with Gasteiger partial charge in [-0.25, -0.2) is 4.52 Å². The van der Waals surface area contributed by atoms with Gasteiger partial charge in [0.1, 0.15) is 5.69 Å². The van der Waals surface area contributed by atoms with E-state index in [1.807, 2.05) is 54.6 Å². The van der Waals surface area contributed by atoms with E-state index in [0.717, 1.165) is 33.0 Å². The van der Waals surface area contributed by atoms with Crippen molar-refractivity contribution in [1.82, 2.24) is 19.6 Å². The van der Waals surface area contributed by atoms with Crippen LogP contribution in [0.1, 0.15) is 0 Å². The SMILES string of the molecule is CS(=O)c1ccc(Nc2nc3c(-c4ccccc4-c4ccccc4)nccn3n2)cc1. The summed E-state index contributed by atoms with van der Waals surface area (Å²) in [6.07, 6.45) is 5.17. The molecule has 2 aromatic heterocycles. The minimum absolute atomic E-state index is 0.469. The second kappa shape index (κ2) is 8.12. The summed E-state index contributed by atoms with van der Waals surface area (Å²) in [5.74, 6) is 0.469. The molecule has 0 aliphatic heterocycles. The quantitative estimate of drug-likeness (QED) is 0.432. The normalized spacial score (nSPS) is 12.0. The maximum absolute atomic E-state index is 11.6. The molecule has 0 amide bonds. The summed E-state index contributed by atoms with van der Waals surface area (Å²) in [6, 6.07) is 25.8. The molecule has 31 heavy (non-hydrogen) atoms. The zero-order valence-electron chi connectivity index (χ0n) is 16.8. The summed E-state index contributed by atoms with van der Waals surface area (Å²) in [6.45, 7) is 0. The Morgan fingerprint density at radius 1 is 0.871 bits per heavy atom. The Balaban J connectivity index is 1.55. The van der Waals surface area contributed by atoms with Crippen LogP contribution in [0.2, 0.25) is 0 Å². The summed E-state index contributed by atoms with van der Waals surface area (Å²) in [5, 5.41) is 7.76. The lowest BCUT2D eigenvalue weighted by Gasteiger charge is -2.09. The second-order valence-corrected chi connectivity index (χ2v) is 8.37. The van der Waals surface area contributed by atoms with Gasteiger partial charge < -0.3 is 5.32 Å². The molecule has 5 rings (SSSR count). The van der Waals surface area contributed by atoms with Crippen molar-refractivity contribution in [3.63, 3.8) is 0 Å². The summed E-state index contributed by atoms with van der Waals surface area (Å²) < 4.78 is 13.3. The van der Waals surface area contributed by atoms with E-state index in [0.29, 0.717) is 11.6 Å². The number of rotatable bonds is 5. The lowest BCUT2D eigenvalue weighted by Crippen LogP contribution is -1.95. The number of benzene rings is 3. The van der Waals surface area contributed by atoms with Gasteiger partial charge in [-0.05, 0) is 35.4 Å². The van der Waals surface area contributed by atoms with Crippen LogP contribution in [0.25, 0.3) is 28.0 Å². The van der Waals surface area contributed by atoms with Crippen LogP contribution in [0.5, 0.6) is 0 Å². The Labute approximate surface area is 182 Å². The molecule has 1 N–H and O–H groups in total. The average molecular weight is 426 g/mol. The van der Waals surface area contributed by atoms with Crippen molar-refractivity contribution >= 4 is 28.1 Å². The maximum atomic E-state index is 11.6. The lowest BCUT2D eigenvalue weighted by molar-refractivity contribution is 0.687. The minimum Gasteiger partial charge on any atom is -0.323 e. The fourth-order valence-electron chi connectivity index (χ4n) is 3.48. The first-order valence-corrected chi connectivity index (χ1v) is 11.3. The van der Waals surface area contributed by atoms with Crippen molar-refractivity contribution in [2.24, 2.45) is 0 Å². The van der Waals surface area contributed by atoms with Gasteiger partial charge >= 0.3 is 0 Å². The van der Waals surface area contributed by atoms with Gasteiger partial charge in [0.2, 0.25) is 5.95 Å². The molecule has 0 saturated heterocycles. The molecule has 1 unspecified atom stereocenters. The van der Waals surface area contributed by atoms with Crippen LogP contribution in [0, 0.1) is 0 Å². The number of aromatic nitrogens is 4. The predicted octanol–water partition coefficient (Wildman–Crippen LogP) is 4.94. The van der Waals surface area contributed by atoms with Crippen molar-refractivity contribution in [2.45, 2.75) is 4.90 Å². The van der Waals surface area contributed by atoms with Crippen molar-refractivity contribution in [3.8, 4) is 22.4 Å². The topological polar surface area (TPSA) is 72.2 Å². The van der Waals surface area contributed by atoms with Crippen LogP contribution in [0.4, 0.5) is 11.6 Å². The van der Waals surface area contributed by atoms with E-state index in [9.17, 15) is 4.21 Å². The first kappa shape index (κ1) is 19.1. The highest BCUT2D eigenvalue weighted by atomic mass is 32.2. The standard InChI is InChI=1S/C24H19N5OS/c1-31(30)19-13-11-18(12-14-19)26-24-27-23-22(25-15-16-29(23)28-24)21-10-6-5-9-20(21)17-7-3-2-4-8-17/h2-16H,1H3,(H,26,28). The van der Waals surface area contributed by atoms with E-state index in [4.69, 9.17) is 4.98 Å². The van der Waals surface area contributed by atoms with E-state index in [1.165, 1.54) is 0 Å². The largest absolute Gasteiger partial charge is 0.323 e. The monoisotopic (exact) mass is 425 g/mol. The summed E-state index contributed by atoms with van der Waals surface area (Å²) in [7, 11) is -1.01. The van der Waals surface area contributed by atoms with E-state index in [2.05, 4.69) is 39.7 Å². The summed E-state index contributed by atoms with van der Waals surface area (Å²) >= 11 is 0. The molecule has 0 radical (unpaired) electrons. The van der Waals surface area contributed by atoms with Crippen LogP contribution < -0.4 is 5.32 Å². The van der Waals surface area contributed by atoms with Crippen LogP contribution in [-0.4, -0.2) is 30.0 Å². The molecule has 6 nitrogen and oxygen atoms in total. The Hall–Kier alpha value is -3.84. The van der Waals surface area contributed by atoms with E-state index in [1.54, 1.807) is 23.2 Å². The predicted molar refractivity (Wildman–Crippen MR) is 124 cm³/mol. The van der Waals surface area contributed by atoms with E-state index < -0.39 is 10.8 Å². The zero-order chi connectivity index (χ0) is 21.2. The van der Waals surface area contributed by atoms with Gasteiger partial charge in [-0.3, -0.25) is 9.19 Å². The van der Waals surface area contributed by atoms with Crippen molar-refractivity contribution in [1.29, 1.82) is 0 Å². The Morgan fingerprint density at radius 2 is 1.58 bits per heavy atom. The molecule has 0 spiro atoms. The first-order valence-electron chi connectivity index (χ1n) is 9.76. The van der Waals surface area contributed by atoms with Gasteiger partial charge in [0.15, 0.2) is 5.65 Å². The van der Waals surface area contributed by atoms with E-state index in [-0.39, 0.29) is 0 Å². The third-order valence-electron chi connectivity index (χ3n) is 4.96. The third kappa shape index (κ3) is 3.83. The minimum atomic E-state index is -1.01. The molecule has 2 heterocycles. The van der Waals surface area contributed by atoms with Gasteiger partial charge in [-0.15, -0.1) is 5.10 Å². The fraction of sp³-hybridized carbons (Fsp3) is 0.0417. The third-order valence-corrected chi connectivity index (χ3v) is 5.90.